The van der Waals surface area contributed by atoms with Crippen LogP contribution in [-0.4, -0.2) is 25.8 Å². The van der Waals surface area contributed by atoms with Gasteiger partial charge in [0.05, 0.1) is 6.10 Å². The van der Waals surface area contributed by atoms with Crippen LogP contribution in [0, 0.1) is 11.8 Å². The SMILES string of the molecule is CC(C)CCOC1CNCCC1C. The van der Waals surface area contributed by atoms with Crippen LogP contribution in [0.5, 0.6) is 0 Å². The van der Waals surface area contributed by atoms with E-state index < -0.39 is 0 Å². The average Bonchev–Trinajstić information content (AvgIpc) is 2.08. The lowest BCUT2D eigenvalue weighted by Crippen LogP contribution is -2.41. The van der Waals surface area contributed by atoms with Crippen molar-refractivity contribution in [3.8, 4) is 0 Å². The lowest BCUT2D eigenvalue weighted by molar-refractivity contribution is -0.000414. The van der Waals surface area contributed by atoms with Crippen LogP contribution in [-0.2, 0) is 4.74 Å². The molecule has 78 valence electrons. The summed E-state index contributed by atoms with van der Waals surface area (Å²) in [5.41, 5.74) is 0. The molecule has 0 amide bonds. The third-order valence-electron chi connectivity index (χ3n) is 2.78. The number of piperidine rings is 1. The van der Waals surface area contributed by atoms with Gasteiger partial charge in [-0.05, 0) is 31.2 Å². The molecule has 0 aromatic heterocycles. The highest BCUT2D eigenvalue weighted by molar-refractivity contribution is 4.75. The highest BCUT2D eigenvalue weighted by Crippen LogP contribution is 2.15. The molecule has 2 nitrogen and oxygen atoms in total. The predicted octanol–water partition coefficient (Wildman–Crippen LogP) is 2.05. The molecule has 1 aliphatic rings. The highest BCUT2D eigenvalue weighted by Gasteiger charge is 2.21. The van der Waals surface area contributed by atoms with E-state index in [9.17, 15) is 0 Å². The van der Waals surface area contributed by atoms with Crippen LogP contribution in [0.25, 0.3) is 0 Å². The van der Waals surface area contributed by atoms with Crippen LogP contribution >= 0.6 is 0 Å². The molecule has 1 rings (SSSR count). The average molecular weight is 185 g/mol. The molecule has 0 radical (unpaired) electrons. The summed E-state index contributed by atoms with van der Waals surface area (Å²) in [4.78, 5) is 0. The molecule has 1 saturated heterocycles. The Morgan fingerprint density at radius 3 is 2.85 bits per heavy atom. The van der Waals surface area contributed by atoms with E-state index in [4.69, 9.17) is 4.74 Å². The van der Waals surface area contributed by atoms with Crippen molar-refractivity contribution in [1.29, 1.82) is 0 Å². The molecule has 1 N–H and O–H groups in total. The summed E-state index contributed by atoms with van der Waals surface area (Å²) < 4.78 is 5.84. The van der Waals surface area contributed by atoms with Gasteiger partial charge in [0.15, 0.2) is 0 Å². The molecule has 0 aromatic carbocycles. The summed E-state index contributed by atoms with van der Waals surface area (Å²) in [5.74, 6) is 1.49. The van der Waals surface area contributed by atoms with Gasteiger partial charge in [-0.15, -0.1) is 0 Å². The predicted molar refractivity (Wildman–Crippen MR) is 55.8 cm³/mol. The minimum absolute atomic E-state index is 0.451. The van der Waals surface area contributed by atoms with Crippen LogP contribution in [0.3, 0.4) is 0 Å². The summed E-state index contributed by atoms with van der Waals surface area (Å²) in [5, 5.41) is 3.38. The quantitative estimate of drug-likeness (QED) is 0.723. The minimum Gasteiger partial charge on any atom is -0.377 e. The van der Waals surface area contributed by atoms with Crippen molar-refractivity contribution in [1.82, 2.24) is 5.32 Å². The zero-order valence-electron chi connectivity index (χ0n) is 9.18. The second-order valence-electron chi connectivity index (χ2n) is 4.56. The van der Waals surface area contributed by atoms with Gasteiger partial charge in [0.2, 0.25) is 0 Å². The Morgan fingerprint density at radius 1 is 1.46 bits per heavy atom. The Hall–Kier alpha value is -0.0800. The topological polar surface area (TPSA) is 21.3 Å². The van der Waals surface area contributed by atoms with Crippen molar-refractivity contribution in [3.63, 3.8) is 0 Å². The van der Waals surface area contributed by atoms with Crippen LogP contribution in [0.4, 0.5) is 0 Å². The second-order valence-corrected chi connectivity index (χ2v) is 4.56. The maximum Gasteiger partial charge on any atom is 0.0725 e. The fourth-order valence-corrected chi connectivity index (χ4v) is 1.64. The van der Waals surface area contributed by atoms with Gasteiger partial charge in [0.1, 0.15) is 0 Å². The fourth-order valence-electron chi connectivity index (χ4n) is 1.64. The first-order chi connectivity index (χ1) is 6.20. The second kappa shape index (κ2) is 5.61. The summed E-state index contributed by atoms with van der Waals surface area (Å²) in [6.07, 6.45) is 2.89. The lowest BCUT2D eigenvalue weighted by atomic mass is 9.97. The first kappa shape index (κ1) is 11.0. The molecule has 1 heterocycles. The van der Waals surface area contributed by atoms with Gasteiger partial charge in [-0.25, -0.2) is 0 Å². The van der Waals surface area contributed by atoms with E-state index in [-0.39, 0.29) is 0 Å². The summed E-state index contributed by atoms with van der Waals surface area (Å²) in [6, 6.07) is 0. The van der Waals surface area contributed by atoms with Crippen molar-refractivity contribution in [2.45, 2.75) is 39.7 Å². The Bertz CT molecular complexity index is 136. The number of hydrogen-bond acceptors (Lipinski definition) is 2. The van der Waals surface area contributed by atoms with Crippen LogP contribution < -0.4 is 5.32 Å². The number of rotatable bonds is 4. The first-order valence-electron chi connectivity index (χ1n) is 5.52. The van der Waals surface area contributed by atoms with E-state index >= 15 is 0 Å². The molecule has 0 aliphatic carbocycles. The van der Waals surface area contributed by atoms with Crippen LogP contribution in [0.2, 0.25) is 0 Å². The molecule has 1 fully saturated rings. The van der Waals surface area contributed by atoms with Crippen LogP contribution in [0.1, 0.15) is 33.6 Å². The van der Waals surface area contributed by atoms with E-state index in [1.54, 1.807) is 0 Å². The molecular weight excluding hydrogens is 162 g/mol. The Labute approximate surface area is 82.0 Å². The largest absolute Gasteiger partial charge is 0.377 e. The molecule has 13 heavy (non-hydrogen) atoms. The third-order valence-corrected chi connectivity index (χ3v) is 2.78. The number of ether oxygens (including phenoxy) is 1. The van der Waals surface area contributed by atoms with Crippen molar-refractivity contribution >= 4 is 0 Å². The molecule has 2 unspecified atom stereocenters. The molecule has 0 aromatic rings. The Morgan fingerprint density at radius 2 is 2.23 bits per heavy atom. The zero-order chi connectivity index (χ0) is 9.68. The maximum atomic E-state index is 5.84. The Kier molecular flexibility index (Phi) is 4.74. The third kappa shape index (κ3) is 4.10. The molecule has 0 bridgehead atoms. The van der Waals surface area contributed by atoms with Crippen molar-refractivity contribution in [2.75, 3.05) is 19.7 Å². The molecule has 1 aliphatic heterocycles. The van der Waals surface area contributed by atoms with E-state index in [2.05, 4.69) is 26.1 Å². The lowest BCUT2D eigenvalue weighted by Gasteiger charge is -2.29. The molecule has 0 saturated carbocycles. The Balaban J connectivity index is 2.11. The summed E-state index contributed by atoms with van der Waals surface area (Å²) in [6.45, 7) is 9.90. The normalized spacial score (nSPS) is 29.5. The van der Waals surface area contributed by atoms with Gasteiger partial charge < -0.3 is 10.1 Å². The van der Waals surface area contributed by atoms with Gasteiger partial charge in [0, 0.05) is 13.2 Å². The maximum absolute atomic E-state index is 5.84. The fraction of sp³-hybridized carbons (Fsp3) is 1.00. The van der Waals surface area contributed by atoms with Gasteiger partial charge in [-0.2, -0.15) is 0 Å². The van der Waals surface area contributed by atoms with Gasteiger partial charge in [-0.3, -0.25) is 0 Å². The zero-order valence-corrected chi connectivity index (χ0v) is 9.18. The standard InChI is InChI=1S/C11H23NO/c1-9(2)5-7-13-11-8-12-6-4-10(11)3/h9-12H,4-8H2,1-3H3. The van der Waals surface area contributed by atoms with Gasteiger partial charge >= 0.3 is 0 Å². The highest BCUT2D eigenvalue weighted by atomic mass is 16.5. The van der Waals surface area contributed by atoms with Crippen molar-refractivity contribution in [3.05, 3.63) is 0 Å². The van der Waals surface area contributed by atoms with Gasteiger partial charge in [0.25, 0.3) is 0 Å². The van der Waals surface area contributed by atoms with E-state index in [1.807, 2.05) is 0 Å². The smallest absolute Gasteiger partial charge is 0.0725 e. The first-order valence-corrected chi connectivity index (χ1v) is 5.52. The van der Waals surface area contributed by atoms with Crippen molar-refractivity contribution in [2.24, 2.45) is 11.8 Å². The number of nitrogens with one attached hydrogen (secondary N) is 1. The van der Waals surface area contributed by atoms with Crippen LogP contribution in [0.15, 0.2) is 0 Å². The van der Waals surface area contributed by atoms with Crippen molar-refractivity contribution < 1.29 is 4.74 Å². The van der Waals surface area contributed by atoms with Gasteiger partial charge in [-0.1, -0.05) is 20.8 Å². The van der Waals surface area contributed by atoms with E-state index in [0.29, 0.717) is 6.10 Å². The molecule has 2 atom stereocenters. The summed E-state index contributed by atoms with van der Waals surface area (Å²) >= 11 is 0. The monoisotopic (exact) mass is 185 g/mol. The summed E-state index contributed by atoms with van der Waals surface area (Å²) in [7, 11) is 0. The number of hydrogen-bond donors (Lipinski definition) is 1. The molecule has 0 spiro atoms. The van der Waals surface area contributed by atoms with E-state index in [1.165, 1.54) is 12.8 Å². The molecule has 2 heteroatoms. The minimum atomic E-state index is 0.451. The van der Waals surface area contributed by atoms with E-state index in [0.717, 1.165) is 31.5 Å². The molecular formula is C11H23NO.